The molecular formula is C13H15F4NO2. The molecule has 0 saturated heterocycles. The second kappa shape index (κ2) is 5.78. The minimum absolute atomic E-state index is 0.0919. The Balaban J connectivity index is 2.89. The Labute approximate surface area is 113 Å². The van der Waals surface area contributed by atoms with Crippen molar-refractivity contribution in [3.8, 4) is 0 Å². The fraction of sp³-hybridized carbons (Fsp3) is 0.462. The van der Waals surface area contributed by atoms with Crippen molar-refractivity contribution in [2.45, 2.75) is 32.1 Å². The summed E-state index contributed by atoms with van der Waals surface area (Å²) < 4.78 is 55.4. The largest absolute Gasteiger partial charge is 0.468 e. The summed E-state index contributed by atoms with van der Waals surface area (Å²) in [4.78, 5) is 11.4. The lowest BCUT2D eigenvalue weighted by molar-refractivity contribution is -0.147. The van der Waals surface area contributed by atoms with Crippen LogP contribution in [0.1, 0.15) is 25.0 Å². The van der Waals surface area contributed by atoms with Crippen LogP contribution in [0.15, 0.2) is 18.2 Å². The molecule has 0 saturated carbocycles. The molecule has 1 rings (SSSR count). The molecule has 20 heavy (non-hydrogen) atoms. The topological polar surface area (TPSA) is 38.3 Å². The monoisotopic (exact) mass is 293 g/mol. The quantitative estimate of drug-likeness (QED) is 0.685. The number of nitrogens with one attached hydrogen (secondary N) is 1. The molecule has 0 aliphatic carbocycles. The van der Waals surface area contributed by atoms with Crippen molar-refractivity contribution in [2.24, 2.45) is 0 Å². The zero-order valence-electron chi connectivity index (χ0n) is 11.3. The fourth-order valence-electron chi connectivity index (χ4n) is 1.57. The molecule has 0 spiro atoms. The minimum Gasteiger partial charge on any atom is -0.468 e. The Morgan fingerprint density at radius 3 is 2.35 bits per heavy atom. The zero-order chi connectivity index (χ0) is 15.6. The van der Waals surface area contributed by atoms with Gasteiger partial charge in [0.2, 0.25) is 0 Å². The van der Waals surface area contributed by atoms with E-state index in [-0.39, 0.29) is 12.1 Å². The van der Waals surface area contributed by atoms with Crippen LogP contribution in [0.5, 0.6) is 0 Å². The average Bonchev–Trinajstić information content (AvgIpc) is 2.33. The van der Waals surface area contributed by atoms with Gasteiger partial charge in [-0.25, -0.2) is 4.39 Å². The minimum atomic E-state index is -4.62. The van der Waals surface area contributed by atoms with Crippen molar-refractivity contribution in [1.82, 2.24) is 5.32 Å². The van der Waals surface area contributed by atoms with E-state index >= 15 is 0 Å². The number of ether oxygens (including phenoxy) is 1. The molecular weight excluding hydrogens is 278 g/mol. The summed E-state index contributed by atoms with van der Waals surface area (Å²) in [6.45, 7) is 2.94. The number of hydrogen-bond donors (Lipinski definition) is 1. The maximum atomic E-state index is 13.2. The maximum Gasteiger partial charge on any atom is 0.416 e. The Morgan fingerprint density at radius 1 is 1.25 bits per heavy atom. The summed E-state index contributed by atoms with van der Waals surface area (Å²) >= 11 is 0. The normalized spacial score (nSPS) is 12.3. The van der Waals surface area contributed by atoms with E-state index in [4.69, 9.17) is 0 Å². The van der Waals surface area contributed by atoms with Gasteiger partial charge >= 0.3 is 12.1 Å². The van der Waals surface area contributed by atoms with E-state index in [2.05, 4.69) is 10.1 Å². The van der Waals surface area contributed by atoms with Gasteiger partial charge in [-0.3, -0.25) is 10.1 Å². The number of carbonyl (C=O) groups is 1. The van der Waals surface area contributed by atoms with E-state index in [1.165, 1.54) is 21.0 Å². The smallest absolute Gasteiger partial charge is 0.416 e. The first-order valence-electron chi connectivity index (χ1n) is 5.76. The van der Waals surface area contributed by atoms with E-state index in [0.717, 1.165) is 12.1 Å². The van der Waals surface area contributed by atoms with Gasteiger partial charge in [0.15, 0.2) is 0 Å². The number of carbonyl (C=O) groups excluding carboxylic acids is 1. The molecule has 112 valence electrons. The van der Waals surface area contributed by atoms with E-state index in [1.54, 1.807) is 0 Å². The van der Waals surface area contributed by atoms with Crippen LogP contribution < -0.4 is 5.32 Å². The van der Waals surface area contributed by atoms with Crippen LogP contribution in [0.2, 0.25) is 0 Å². The van der Waals surface area contributed by atoms with E-state index in [0.29, 0.717) is 6.07 Å². The molecule has 0 atom stereocenters. The summed E-state index contributed by atoms with van der Waals surface area (Å²) in [5, 5.41) is 2.72. The van der Waals surface area contributed by atoms with Crippen LogP contribution in [0, 0.1) is 5.82 Å². The van der Waals surface area contributed by atoms with Gasteiger partial charge in [0, 0.05) is 6.54 Å². The summed E-state index contributed by atoms with van der Waals surface area (Å²) in [6, 6.07) is 2.24. The van der Waals surface area contributed by atoms with Gasteiger partial charge in [-0.15, -0.1) is 0 Å². The Morgan fingerprint density at radius 2 is 1.85 bits per heavy atom. The van der Waals surface area contributed by atoms with Crippen LogP contribution in [-0.4, -0.2) is 18.6 Å². The maximum absolute atomic E-state index is 13.2. The van der Waals surface area contributed by atoms with Crippen LogP contribution in [0.3, 0.4) is 0 Å². The van der Waals surface area contributed by atoms with Gasteiger partial charge in [-0.05, 0) is 37.6 Å². The van der Waals surface area contributed by atoms with Crippen LogP contribution in [0.25, 0.3) is 0 Å². The molecule has 0 aromatic heterocycles. The lowest BCUT2D eigenvalue weighted by atomic mass is 10.0. The zero-order valence-corrected chi connectivity index (χ0v) is 11.3. The summed E-state index contributed by atoms with van der Waals surface area (Å²) in [5.41, 5.74) is -2.06. The average molecular weight is 293 g/mol. The van der Waals surface area contributed by atoms with Crippen molar-refractivity contribution in [3.63, 3.8) is 0 Å². The van der Waals surface area contributed by atoms with E-state index in [9.17, 15) is 22.4 Å². The second-order valence-corrected chi connectivity index (χ2v) is 4.82. The number of rotatable bonds is 4. The lowest BCUT2D eigenvalue weighted by Gasteiger charge is -2.23. The summed E-state index contributed by atoms with van der Waals surface area (Å²) in [6.07, 6.45) is -4.62. The third kappa shape index (κ3) is 4.19. The SMILES string of the molecule is COC(=O)C(C)(C)NCc1cc(F)cc(C(F)(F)F)c1. The van der Waals surface area contributed by atoms with Crippen LogP contribution >= 0.6 is 0 Å². The highest BCUT2D eigenvalue weighted by molar-refractivity contribution is 5.79. The first-order chi connectivity index (χ1) is 9.06. The molecule has 0 amide bonds. The van der Waals surface area contributed by atoms with Gasteiger partial charge < -0.3 is 4.74 Å². The number of benzene rings is 1. The van der Waals surface area contributed by atoms with Gasteiger partial charge in [-0.1, -0.05) is 0 Å². The molecule has 1 aromatic rings. The molecule has 1 aromatic carbocycles. The predicted octanol–water partition coefficient (Wildman–Crippen LogP) is 2.89. The van der Waals surface area contributed by atoms with E-state index in [1.807, 2.05) is 0 Å². The Hall–Kier alpha value is -1.63. The molecule has 0 radical (unpaired) electrons. The number of esters is 1. The molecule has 0 bridgehead atoms. The standard InChI is InChI=1S/C13H15F4NO2/c1-12(2,11(19)20-3)18-7-8-4-9(13(15,16)17)6-10(14)5-8/h4-6,18H,7H2,1-3H3. The number of methoxy groups -OCH3 is 1. The molecule has 1 N–H and O–H groups in total. The van der Waals surface area contributed by atoms with Gasteiger partial charge in [0.1, 0.15) is 11.4 Å². The first-order valence-corrected chi connectivity index (χ1v) is 5.76. The van der Waals surface area contributed by atoms with Crippen molar-refractivity contribution < 1.29 is 27.1 Å². The summed E-state index contributed by atoms with van der Waals surface area (Å²) in [5.74, 6) is -1.54. The molecule has 0 fully saturated rings. The van der Waals surface area contributed by atoms with Crippen molar-refractivity contribution >= 4 is 5.97 Å². The van der Waals surface area contributed by atoms with Crippen LogP contribution in [-0.2, 0) is 22.3 Å². The third-order valence-corrected chi connectivity index (χ3v) is 2.72. The number of hydrogen-bond acceptors (Lipinski definition) is 3. The van der Waals surface area contributed by atoms with Crippen LogP contribution in [0.4, 0.5) is 17.6 Å². The summed E-state index contributed by atoms with van der Waals surface area (Å²) in [7, 11) is 1.20. The molecule has 0 unspecified atom stereocenters. The predicted molar refractivity (Wildman–Crippen MR) is 64.3 cm³/mol. The van der Waals surface area contributed by atoms with Crippen molar-refractivity contribution in [2.75, 3.05) is 7.11 Å². The fourth-order valence-corrected chi connectivity index (χ4v) is 1.57. The first kappa shape index (κ1) is 16.4. The second-order valence-electron chi connectivity index (χ2n) is 4.82. The van der Waals surface area contributed by atoms with Crippen molar-refractivity contribution in [1.29, 1.82) is 0 Å². The molecule has 7 heteroatoms. The van der Waals surface area contributed by atoms with Gasteiger partial charge in [-0.2, -0.15) is 13.2 Å². The highest BCUT2D eigenvalue weighted by atomic mass is 19.4. The lowest BCUT2D eigenvalue weighted by Crippen LogP contribution is -2.47. The van der Waals surface area contributed by atoms with Gasteiger partial charge in [0.05, 0.1) is 12.7 Å². The number of alkyl halides is 3. The third-order valence-electron chi connectivity index (χ3n) is 2.72. The Kier molecular flexibility index (Phi) is 4.75. The highest BCUT2D eigenvalue weighted by Gasteiger charge is 2.32. The highest BCUT2D eigenvalue weighted by Crippen LogP contribution is 2.30. The van der Waals surface area contributed by atoms with E-state index < -0.39 is 29.1 Å². The van der Waals surface area contributed by atoms with Crippen molar-refractivity contribution in [3.05, 3.63) is 35.1 Å². The molecule has 0 aliphatic rings. The molecule has 0 heterocycles. The molecule has 0 aliphatic heterocycles. The van der Waals surface area contributed by atoms with Gasteiger partial charge in [0.25, 0.3) is 0 Å². The molecule has 3 nitrogen and oxygen atoms in total. The Bertz CT molecular complexity index is 498. The number of halogens is 4.